The predicted octanol–water partition coefficient (Wildman–Crippen LogP) is 3.17. The van der Waals surface area contributed by atoms with Crippen LogP contribution in [0.15, 0.2) is 24.3 Å². The van der Waals surface area contributed by atoms with Crippen molar-refractivity contribution in [1.29, 1.82) is 0 Å². The molecule has 1 aromatic carbocycles. The number of nitrogens with zero attached hydrogens (tertiary/aromatic N) is 1. The second-order valence-corrected chi connectivity index (χ2v) is 6.49. The van der Waals surface area contributed by atoms with Gasteiger partial charge in [-0.1, -0.05) is 26.0 Å². The molecule has 1 unspecified atom stereocenters. The topological polar surface area (TPSA) is 35.5 Å². The SMILES string of the molecule is CC(C)C(O)CCNCc1ccc(N2CCCCC2)cc1. The molecule has 1 atom stereocenters. The molecule has 0 bridgehead atoms. The van der Waals surface area contributed by atoms with Crippen LogP contribution < -0.4 is 10.2 Å². The van der Waals surface area contributed by atoms with E-state index in [0.29, 0.717) is 5.92 Å². The van der Waals surface area contributed by atoms with Crippen LogP contribution in [0.25, 0.3) is 0 Å². The first-order chi connectivity index (χ1) is 10.2. The number of piperidine rings is 1. The molecule has 0 saturated carbocycles. The number of hydrogen-bond donors (Lipinski definition) is 2. The van der Waals surface area contributed by atoms with Crippen molar-refractivity contribution >= 4 is 5.69 Å². The average molecular weight is 290 g/mol. The lowest BCUT2D eigenvalue weighted by Gasteiger charge is -2.28. The molecule has 2 N–H and O–H groups in total. The molecule has 1 fully saturated rings. The molecule has 1 aromatic rings. The molecule has 0 aromatic heterocycles. The number of aliphatic hydroxyl groups is 1. The molecule has 21 heavy (non-hydrogen) atoms. The van der Waals surface area contributed by atoms with Crippen LogP contribution in [-0.2, 0) is 6.54 Å². The van der Waals surface area contributed by atoms with Crippen LogP contribution in [0.2, 0.25) is 0 Å². The molecule has 3 nitrogen and oxygen atoms in total. The highest BCUT2D eigenvalue weighted by molar-refractivity contribution is 5.47. The fourth-order valence-corrected chi connectivity index (χ4v) is 2.79. The Labute approximate surface area is 129 Å². The number of anilines is 1. The molecule has 0 spiro atoms. The summed E-state index contributed by atoms with van der Waals surface area (Å²) in [6, 6.07) is 8.92. The summed E-state index contributed by atoms with van der Waals surface area (Å²) in [5.41, 5.74) is 2.67. The molecule has 0 radical (unpaired) electrons. The number of rotatable bonds is 7. The molecule has 1 aliphatic heterocycles. The quantitative estimate of drug-likeness (QED) is 0.757. The fraction of sp³-hybridized carbons (Fsp3) is 0.667. The average Bonchev–Trinajstić information content (AvgIpc) is 2.52. The number of hydrogen-bond acceptors (Lipinski definition) is 3. The summed E-state index contributed by atoms with van der Waals surface area (Å²) in [6.45, 7) is 8.27. The van der Waals surface area contributed by atoms with Gasteiger partial charge in [0.25, 0.3) is 0 Å². The van der Waals surface area contributed by atoms with Crippen LogP contribution >= 0.6 is 0 Å². The summed E-state index contributed by atoms with van der Waals surface area (Å²) in [5, 5.41) is 13.2. The van der Waals surface area contributed by atoms with Gasteiger partial charge in [-0.05, 0) is 55.8 Å². The number of benzene rings is 1. The lowest BCUT2D eigenvalue weighted by molar-refractivity contribution is 0.116. The van der Waals surface area contributed by atoms with E-state index >= 15 is 0 Å². The van der Waals surface area contributed by atoms with Crippen LogP contribution in [-0.4, -0.2) is 30.8 Å². The maximum atomic E-state index is 9.76. The van der Waals surface area contributed by atoms with Crippen LogP contribution in [0, 0.1) is 5.92 Å². The molecule has 2 rings (SSSR count). The van der Waals surface area contributed by atoms with E-state index in [2.05, 4.69) is 48.3 Å². The summed E-state index contributed by atoms with van der Waals surface area (Å²) in [7, 11) is 0. The largest absolute Gasteiger partial charge is 0.393 e. The summed E-state index contributed by atoms with van der Waals surface area (Å²) in [5.74, 6) is 0.343. The van der Waals surface area contributed by atoms with Crippen molar-refractivity contribution in [3.05, 3.63) is 29.8 Å². The van der Waals surface area contributed by atoms with Gasteiger partial charge in [-0.15, -0.1) is 0 Å². The summed E-state index contributed by atoms with van der Waals surface area (Å²) < 4.78 is 0. The highest BCUT2D eigenvalue weighted by Crippen LogP contribution is 2.20. The van der Waals surface area contributed by atoms with Crippen molar-refractivity contribution in [3.8, 4) is 0 Å². The van der Waals surface area contributed by atoms with Gasteiger partial charge in [0.15, 0.2) is 0 Å². The minimum atomic E-state index is -0.195. The van der Waals surface area contributed by atoms with Gasteiger partial charge < -0.3 is 15.3 Å². The van der Waals surface area contributed by atoms with Gasteiger partial charge in [0.2, 0.25) is 0 Å². The number of nitrogens with one attached hydrogen (secondary N) is 1. The lowest BCUT2D eigenvalue weighted by atomic mass is 10.0. The van der Waals surface area contributed by atoms with Crippen LogP contribution in [0.4, 0.5) is 5.69 Å². The third kappa shape index (κ3) is 5.33. The molecule has 0 aliphatic carbocycles. The van der Waals surface area contributed by atoms with Crippen molar-refractivity contribution in [2.75, 3.05) is 24.5 Å². The summed E-state index contributed by atoms with van der Waals surface area (Å²) in [6.07, 6.45) is 4.65. The smallest absolute Gasteiger partial charge is 0.0575 e. The van der Waals surface area contributed by atoms with Gasteiger partial charge in [-0.2, -0.15) is 0 Å². The van der Waals surface area contributed by atoms with E-state index in [9.17, 15) is 5.11 Å². The zero-order valence-corrected chi connectivity index (χ0v) is 13.5. The zero-order valence-electron chi connectivity index (χ0n) is 13.5. The van der Waals surface area contributed by atoms with E-state index in [-0.39, 0.29) is 6.10 Å². The standard InChI is InChI=1S/C18H30N2O/c1-15(2)18(21)10-11-19-14-16-6-8-17(9-7-16)20-12-4-3-5-13-20/h6-9,15,18-19,21H,3-5,10-14H2,1-2H3. The van der Waals surface area contributed by atoms with Crippen LogP contribution in [0.3, 0.4) is 0 Å². The molecule has 1 heterocycles. The van der Waals surface area contributed by atoms with E-state index in [1.165, 1.54) is 43.6 Å². The van der Waals surface area contributed by atoms with Crippen molar-refractivity contribution in [2.24, 2.45) is 5.92 Å². The summed E-state index contributed by atoms with van der Waals surface area (Å²) >= 11 is 0. The van der Waals surface area contributed by atoms with Crippen LogP contribution in [0.1, 0.15) is 45.1 Å². The number of aliphatic hydroxyl groups excluding tert-OH is 1. The third-order valence-corrected chi connectivity index (χ3v) is 4.37. The Morgan fingerprint density at radius 3 is 2.38 bits per heavy atom. The van der Waals surface area contributed by atoms with Crippen molar-refractivity contribution in [1.82, 2.24) is 5.32 Å². The Balaban J connectivity index is 1.72. The van der Waals surface area contributed by atoms with E-state index in [1.54, 1.807) is 0 Å². The molecule has 1 saturated heterocycles. The molecule has 118 valence electrons. The second-order valence-electron chi connectivity index (χ2n) is 6.49. The predicted molar refractivity (Wildman–Crippen MR) is 89.7 cm³/mol. The van der Waals surface area contributed by atoms with Gasteiger partial charge in [-0.3, -0.25) is 0 Å². The van der Waals surface area contributed by atoms with E-state index < -0.39 is 0 Å². The summed E-state index contributed by atoms with van der Waals surface area (Å²) in [4.78, 5) is 2.49. The Kier molecular flexibility index (Phi) is 6.52. The first kappa shape index (κ1) is 16.3. The molecule has 3 heteroatoms. The minimum Gasteiger partial charge on any atom is -0.393 e. The Morgan fingerprint density at radius 2 is 1.76 bits per heavy atom. The molecule has 1 aliphatic rings. The van der Waals surface area contributed by atoms with Crippen molar-refractivity contribution in [3.63, 3.8) is 0 Å². The highest BCUT2D eigenvalue weighted by atomic mass is 16.3. The third-order valence-electron chi connectivity index (χ3n) is 4.37. The Morgan fingerprint density at radius 1 is 1.10 bits per heavy atom. The van der Waals surface area contributed by atoms with Crippen LogP contribution in [0.5, 0.6) is 0 Å². The lowest BCUT2D eigenvalue weighted by Crippen LogP contribution is -2.29. The Bertz CT molecular complexity index is 396. The van der Waals surface area contributed by atoms with E-state index in [1.807, 2.05) is 0 Å². The highest BCUT2D eigenvalue weighted by Gasteiger charge is 2.10. The van der Waals surface area contributed by atoms with Gasteiger partial charge in [0.05, 0.1) is 6.10 Å². The first-order valence-corrected chi connectivity index (χ1v) is 8.39. The van der Waals surface area contributed by atoms with Gasteiger partial charge in [0, 0.05) is 25.3 Å². The van der Waals surface area contributed by atoms with E-state index in [0.717, 1.165) is 19.5 Å². The Hall–Kier alpha value is -1.06. The van der Waals surface area contributed by atoms with Gasteiger partial charge in [0.1, 0.15) is 0 Å². The fourth-order valence-electron chi connectivity index (χ4n) is 2.79. The zero-order chi connectivity index (χ0) is 15.1. The van der Waals surface area contributed by atoms with Gasteiger partial charge >= 0.3 is 0 Å². The van der Waals surface area contributed by atoms with E-state index in [4.69, 9.17) is 0 Å². The maximum Gasteiger partial charge on any atom is 0.0575 e. The molecular formula is C18H30N2O. The van der Waals surface area contributed by atoms with Crippen molar-refractivity contribution < 1.29 is 5.11 Å². The van der Waals surface area contributed by atoms with Gasteiger partial charge in [-0.25, -0.2) is 0 Å². The maximum absolute atomic E-state index is 9.76. The normalized spacial score (nSPS) is 17.2. The first-order valence-electron chi connectivity index (χ1n) is 8.39. The molecule has 0 amide bonds. The molecular weight excluding hydrogens is 260 g/mol. The monoisotopic (exact) mass is 290 g/mol. The second kappa shape index (κ2) is 8.40. The minimum absolute atomic E-state index is 0.195. The van der Waals surface area contributed by atoms with Crippen molar-refractivity contribution in [2.45, 2.75) is 52.2 Å².